The molecule has 1 N–H and O–H groups in total. The molecule has 24 heavy (non-hydrogen) atoms. The number of hydrogen-bond acceptors (Lipinski definition) is 2. The minimum absolute atomic E-state index is 0.0180. The van der Waals surface area contributed by atoms with Crippen LogP contribution in [-0.4, -0.2) is 35.0 Å². The second kappa shape index (κ2) is 6.54. The summed E-state index contributed by atoms with van der Waals surface area (Å²) in [5.74, 6) is -1.66. The van der Waals surface area contributed by atoms with Gasteiger partial charge in [-0.25, -0.2) is 4.39 Å². The Morgan fingerprint density at radius 3 is 2.29 bits per heavy atom. The highest BCUT2D eigenvalue weighted by Crippen LogP contribution is 2.42. The van der Waals surface area contributed by atoms with Crippen LogP contribution < -0.4 is 0 Å². The fourth-order valence-corrected chi connectivity index (χ4v) is 4.31. The van der Waals surface area contributed by atoms with Crippen molar-refractivity contribution in [2.24, 2.45) is 11.8 Å². The standard InChI is InChI=1S/C19H24FNO3/c1-13-11-21(12-16(13)17(22)23)18(24)19(9-3-2-4-10-19)14-5-7-15(20)8-6-14/h5-8,13,16H,2-4,9-12H2,1H3,(H,22,23)/t13-,16-/m1/s1. The first-order chi connectivity index (χ1) is 11.4. The smallest absolute Gasteiger partial charge is 0.308 e. The average molecular weight is 333 g/mol. The van der Waals surface area contributed by atoms with E-state index in [1.54, 1.807) is 17.0 Å². The Morgan fingerprint density at radius 2 is 1.75 bits per heavy atom. The minimum atomic E-state index is -0.836. The van der Waals surface area contributed by atoms with E-state index in [1.165, 1.54) is 12.1 Å². The van der Waals surface area contributed by atoms with E-state index in [1.807, 2.05) is 6.92 Å². The van der Waals surface area contributed by atoms with Crippen molar-refractivity contribution in [3.63, 3.8) is 0 Å². The van der Waals surface area contributed by atoms with E-state index in [4.69, 9.17) is 0 Å². The normalized spacial score (nSPS) is 26.3. The summed E-state index contributed by atoms with van der Waals surface area (Å²) >= 11 is 0. The fourth-order valence-electron chi connectivity index (χ4n) is 4.31. The zero-order valence-electron chi connectivity index (χ0n) is 14.0. The van der Waals surface area contributed by atoms with Gasteiger partial charge >= 0.3 is 5.97 Å². The Balaban J connectivity index is 1.90. The lowest BCUT2D eigenvalue weighted by Gasteiger charge is -2.39. The molecule has 5 heteroatoms. The van der Waals surface area contributed by atoms with Crippen molar-refractivity contribution in [3.05, 3.63) is 35.6 Å². The Bertz CT molecular complexity index is 622. The van der Waals surface area contributed by atoms with Gasteiger partial charge in [0, 0.05) is 13.1 Å². The van der Waals surface area contributed by atoms with E-state index in [2.05, 4.69) is 0 Å². The van der Waals surface area contributed by atoms with Crippen LogP contribution in [0.1, 0.15) is 44.6 Å². The predicted molar refractivity (Wildman–Crippen MR) is 88.0 cm³/mol. The van der Waals surface area contributed by atoms with Gasteiger partial charge in [-0.2, -0.15) is 0 Å². The molecule has 130 valence electrons. The van der Waals surface area contributed by atoms with Gasteiger partial charge in [-0.05, 0) is 36.5 Å². The number of likely N-dealkylation sites (tertiary alicyclic amines) is 1. The van der Waals surface area contributed by atoms with Crippen LogP contribution >= 0.6 is 0 Å². The summed E-state index contributed by atoms with van der Waals surface area (Å²) in [7, 11) is 0. The first-order valence-electron chi connectivity index (χ1n) is 8.72. The minimum Gasteiger partial charge on any atom is -0.481 e. The molecule has 2 aliphatic rings. The van der Waals surface area contributed by atoms with Crippen LogP contribution in [0.15, 0.2) is 24.3 Å². The quantitative estimate of drug-likeness (QED) is 0.924. The summed E-state index contributed by atoms with van der Waals surface area (Å²) in [4.78, 5) is 26.4. The van der Waals surface area contributed by atoms with Gasteiger partial charge in [0.15, 0.2) is 0 Å². The van der Waals surface area contributed by atoms with Gasteiger partial charge in [0.1, 0.15) is 5.82 Å². The average Bonchev–Trinajstić information content (AvgIpc) is 2.97. The molecule has 0 aromatic heterocycles. The van der Waals surface area contributed by atoms with Gasteiger partial charge in [0.2, 0.25) is 5.91 Å². The second-order valence-electron chi connectivity index (χ2n) is 7.28. The highest BCUT2D eigenvalue weighted by Gasteiger charge is 2.47. The molecule has 1 aliphatic carbocycles. The lowest BCUT2D eigenvalue weighted by atomic mass is 9.68. The van der Waals surface area contributed by atoms with Crippen LogP contribution in [0.4, 0.5) is 4.39 Å². The van der Waals surface area contributed by atoms with Crippen molar-refractivity contribution < 1.29 is 19.1 Å². The molecule has 1 saturated carbocycles. The lowest BCUT2D eigenvalue weighted by molar-refractivity contribution is -0.142. The molecular weight excluding hydrogens is 309 g/mol. The van der Waals surface area contributed by atoms with Crippen LogP contribution in [0.3, 0.4) is 0 Å². The number of aliphatic carboxylic acids is 1. The molecule has 1 saturated heterocycles. The topological polar surface area (TPSA) is 57.6 Å². The molecule has 1 heterocycles. The van der Waals surface area contributed by atoms with Crippen LogP contribution in [0.5, 0.6) is 0 Å². The second-order valence-corrected chi connectivity index (χ2v) is 7.28. The highest BCUT2D eigenvalue weighted by atomic mass is 19.1. The molecule has 0 unspecified atom stereocenters. The summed E-state index contributed by atoms with van der Waals surface area (Å²) < 4.78 is 13.3. The molecule has 2 fully saturated rings. The first kappa shape index (κ1) is 16.9. The van der Waals surface area contributed by atoms with Crippen molar-refractivity contribution in [1.82, 2.24) is 4.90 Å². The number of hydrogen-bond donors (Lipinski definition) is 1. The van der Waals surface area contributed by atoms with E-state index in [0.717, 1.165) is 37.7 Å². The summed E-state index contributed by atoms with van der Waals surface area (Å²) in [5, 5.41) is 9.33. The Morgan fingerprint density at radius 1 is 1.12 bits per heavy atom. The summed E-state index contributed by atoms with van der Waals surface area (Å²) in [6.45, 7) is 2.65. The van der Waals surface area contributed by atoms with Crippen molar-refractivity contribution in [1.29, 1.82) is 0 Å². The monoisotopic (exact) mass is 333 g/mol. The van der Waals surface area contributed by atoms with E-state index >= 15 is 0 Å². The molecule has 3 rings (SSSR count). The largest absolute Gasteiger partial charge is 0.481 e. The van der Waals surface area contributed by atoms with E-state index in [-0.39, 0.29) is 24.2 Å². The van der Waals surface area contributed by atoms with Crippen LogP contribution in [0, 0.1) is 17.7 Å². The number of halogens is 1. The number of carboxylic acids is 1. The van der Waals surface area contributed by atoms with Gasteiger partial charge in [-0.1, -0.05) is 38.3 Å². The lowest BCUT2D eigenvalue weighted by Crippen LogP contribution is -2.47. The summed E-state index contributed by atoms with van der Waals surface area (Å²) in [6.07, 6.45) is 4.54. The van der Waals surface area contributed by atoms with Crippen LogP contribution in [0.2, 0.25) is 0 Å². The first-order valence-corrected chi connectivity index (χ1v) is 8.72. The molecule has 0 spiro atoms. The SMILES string of the molecule is C[C@@H]1CN(C(=O)C2(c3ccc(F)cc3)CCCCC2)C[C@H]1C(=O)O. The molecule has 2 atom stereocenters. The maximum absolute atomic E-state index is 13.4. The van der Waals surface area contributed by atoms with E-state index in [0.29, 0.717) is 6.54 Å². The zero-order valence-corrected chi connectivity index (χ0v) is 14.0. The summed E-state index contributed by atoms with van der Waals surface area (Å²) in [5.41, 5.74) is 0.235. The number of nitrogens with zero attached hydrogens (tertiary/aromatic N) is 1. The molecule has 4 nitrogen and oxygen atoms in total. The maximum atomic E-state index is 13.4. The zero-order chi connectivity index (χ0) is 17.3. The van der Waals surface area contributed by atoms with E-state index < -0.39 is 17.3 Å². The van der Waals surface area contributed by atoms with E-state index in [9.17, 15) is 19.1 Å². The third-order valence-corrected chi connectivity index (χ3v) is 5.73. The van der Waals surface area contributed by atoms with Gasteiger partial charge in [0.05, 0.1) is 11.3 Å². The molecule has 1 aromatic carbocycles. The number of amides is 1. The number of carbonyl (C=O) groups excluding carboxylic acids is 1. The number of carboxylic acid groups (broad SMARTS) is 1. The third-order valence-electron chi connectivity index (χ3n) is 5.73. The Kier molecular flexibility index (Phi) is 4.61. The molecule has 0 bridgehead atoms. The number of rotatable bonds is 3. The van der Waals surface area contributed by atoms with Crippen LogP contribution in [-0.2, 0) is 15.0 Å². The number of benzene rings is 1. The van der Waals surface area contributed by atoms with Crippen molar-refractivity contribution in [2.75, 3.05) is 13.1 Å². The highest BCUT2D eigenvalue weighted by molar-refractivity contribution is 5.89. The molecular formula is C19H24FNO3. The third kappa shape index (κ3) is 2.92. The Labute approximate surface area is 141 Å². The Hall–Kier alpha value is -1.91. The van der Waals surface area contributed by atoms with Gasteiger partial charge < -0.3 is 10.0 Å². The predicted octanol–water partition coefficient (Wildman–Crippen LogP) is 3.21. The van der Waals surface area contributed by atoms with Crippen molar-refractivity contribution in [3.8, 4) is 0 Å². The number of carbonyl (C=O) groups is 2. The fraction of sp³-hybridized carbons (Fsp3) is 0.579. The van der Waals surface area contributed by atoms with Crippen LogP contribution in [0.25, 0.3) is 0 Å². The van der Waals surface area contributed by atoms with Crippen molar-refractivity contribution in [2.45, 2.75) is 44.4 Å². The molecule has 1 aliphatic heterocycles. The molecule has 1 aromatic rings. The van der Waals surface area contributed by atoms with Gasteiger partial charge in [0.25, 0.3) is 0 Å². The van der Waals surface area contributed by atoms with Gasteiger partial charge in [-0.3, -0.25) is 9.59 Å². The summed E-state index contributed by atoms with van der Waals surface area (Å²) in [6, 6.07) is 6.25. The molecule has 0 radical (unpaired) electrons. The van der Waals surface area contributed by atoms with Crippen molar-refractivity contribution >= 4 is 11.9 Å². The maximum Gasteiger partial charge on any atom is 0.308 e. The van der Waals surface area contributed by atoms with Gasteiger partial charge in [-0.15, -0.1) is 0 Å². The molecule has 1 amide bonds.